The summed E-state index contributed by atoms with van der Waals surface area (Å²) in [5.41, 5.74) is 1.13. The van der Waals surface area contributed by atoms with Gasteiger partial charge in [-0.25, -0.2) is 23.0 Å². The largest absolute Gasteiger partial charge is 0.452 e. The van der Waals surface area contributed by atoms with Crippen LogP contribution < -0.4 is 10.5 Å². The van der Waals surface area contributed by atoms with Crippen LogP contribution in [0, 0.1) is 0 Å². The molecule has 3 rings (SSSR count). The molecule has 3 N–H and O–H groups in total. The summed E-state index contributed by atoms with van der Waals surface area (Å²) in [6, 6.07) is 14.5. The quantitative estimate of drug-likeness (QED) is 0.509. The first-order chi connectivity index (χ1) is 15.4. The average Bonchev–Trinajstić information content (AvgIpc) is 3.16. The Hall–Kier alpha value is -3.21. The smallest absolute Gasteiger partial charge is 0.338 e. The molecule has 1 amide bonds. The lowest BCUT2D eigenvalue weighted by molar-refractivity contribution is -0.119. The molecule has 1 aromatic heterocycles. The Balaban J connectivity index is 1.75. The highest BCUT2D eigenvalue weighted by Gasteiger charge is 2.22. The van der Waals surface area contributed by atoms with Crippen LogP contribution in [0.2, 0.25) is 5.02 Å². The fourth-order valence-electron chi connectivity index (χ4n) is 2.84. The first-order valence-corrected chi connectivity index (χ1v) is 11.7. The van der Waals surface area contributed by atoms with Gasteiger partial charge < -0.3 is 10.1 Å². The van der Waals surface area contributed by atoms with Crippen LogP contribution in [0.25, 0.3) is 5.69 Å². The Morgan fingerprint density at radius 1 is 1.12 bits per heavy atom. The number of carbonyl (C=O) groups is 2. The molecule has 0 aliphatic rings. The second kappa shape index (κ2) is 9.34. The molecule has 0 radical (unpaired) electrons. The lowest BCUT2D eigenvalue weighted by atomic mass is 9.92. The third-order valence-electron chi connectivity index (χ3n) is 4.55. The molecule has 174 valence electrons. The van der Waals surface area contributed by atoms with Crippen molar-refractivity contribution in [2.45, 2.75) is 31.1 Å². The maximum Gasteiger partial charge on any atom is 0.338 e. The van der Waals surface area contributed by atoms with Crippen molar-refractivity contribution in [2.24, 2.45) is 5.14 Å². The van der Waals surface area contributed by atoms with Crippen LogP contribution in [0.5, 0.6) is 0 Å². The SMILES string of the molecule is CC(C)(C)c1cc(NC(=O)COC(=O)c2ccc(Cl)c(S(N)(=O)=O)c2)n(-c2ccccc2)n1. The van der Waals surface area contributed by atoms with Gasteiger partial charge in [-0.05, 0) is 30.3 Å². The predicted molar refractivity (Wildman–Crippen MR) is 124 cm³/mol. The van der Waals surface area contributed by atoms with E-state index in [4.69, 9.17) is 21.5 Å². The van der Waals surface area contributed by atoms with Crippen LogP contribution in [-0.2, 0) is 25.0 Å². The van der Waals surface area contributed by atoms with Crippen molar-refractivity contribution >= 4 is 39.3 Å². The van der Waals surface area contributed by atoms with Gasteiger partial charge in [-0.1, -0.05) is 50.6 Å². The zero-order valence-corrected chi connectivity index (χ0v) is 19.8. The fourth-order valence-corrected chi connectivity index (χ4v) is 3.92. The number of halogens is 1. The third-order valence-corrected chi connectivity index (χ3v) is 5.95. The van der Waals surface area contributed by atoms with Crippen molar-refractivity contribution < 1.29 is 22.7 Å². The lowest BCUT2D eigenvalue weighted by Gasteiger charge is -2.14. The van der Waals surface area contributed by atoms with Crippen molar-refractivity contribution in [3.63, 3.8) is 0 Å². The first-order valence-electron chi connectivity index (χ1n) is 9.81. The van der Waals surface area contributed by atoms with Crippen LogP contribution in [0.15, 0.2) is 59.5 Å². The van der Waals surface area contributed by atoms with Crippen molar-refractivity contribution in [3.05, 3.63) is 70.9 Å². The molecule has 33 heavy (non-hydrogen) atoms. The Labute approximate surface area is 196 Å². The summed E-state index contributed by atoms with van der Waals surface area (Å²) in [6.07, 6.45) is 0. The van der Waals surface area contributed by atoms with E-state index in [1.165, 1.54) is 12.1 Å². The van der Waals surface area contributed by atoms with E-state index < -0.39 is 33.4 Å². The molecule has 0 spiro atoms. The Morgan fingerprint density at radius 2 is 1.79 bits per heavy atom. The van der Waals surface area contributed by atoms with Crippen LogP contribution in [0.3, 0.4) is 0 Å². The highest BCUT2D eigenvalue weighted by atomic mass is 35.5. The van der Waals surface area contributed by atoms with E-state index in [0.29, 0.717) is 5.82 Å². The Bertz CT molecular complexity index is 1300. The van der Waals surface area contributed by atoms with Gasteiger partial charge in [0.1, 0.15) is 10.7 Å². The molecule has 11 heteroatoms. The number of primary sulfonamides is 1. The number of benzene rings is 2. The molecular formula is C22H23ClN4O5S. The van der Waals surface area contributed by atoms with Gasteiger partial charge in [-0.15, -0.1) is 0 Å². The number of hydrogen-bond acceptors (Lipinski definition) is 6. The standard InChI is InChI=1S/C22H23ClN4O5S/c1-22(2,3)18-12-19(27(26-18)15-7-5-4-6-8-15)25-20(28)13-32-21(29)14-9-10-16(23)17(11-14)33(24,30)31/h4-12H,13H2,1-3H3,(H,25,28)(H2,24,30,31). The second-order valence-corrected chi connectivity index (χ2v) is 10.2. The number of nitrogens with one attached hydrogen (secondary N) is 1. The molecule has 3 aromatic rings. The highest BCUT2D eigenvalue weighted by Crippen LogP contribution is 2.26. The first kappa shape index (κ1) is 24.4. The molecule has 0 saturated heterocycles. The Kier molecular flexibility index (Phi) is 6.92. The topological polar surface area (TPSA) is 133 Å². The van der Waals surface area contributed by atoms with E-state index >= 15 is 0 Å². The zero-order valence-electron chi connectivity index (χ0n) is 18.2. The molecule has 0 bridgehead atoms. The van der Waals surface area contributed by atoms with Crippen LogP contribution in [0.1, 0.15) is 36.8 Å². The molecule has 0 saturated carbocycles. The van der Waals surface area contributed by atoms with E-state index in [2.05, 4.69) is 10.4 Å². The summed E-state index contributed by atoms with van der Waals surface area (Å²) in [5, 5.41) is 12.3. The number of hydrogen-bond donors (Lipinski definition) is 2. The van der Waals surface area contributed by atoms with Crippen LogP contribution in [0.4, 0.5) is 5.82 Å². The molecule has 0 unspecified atom stereocenters. The zero-order chi connectivity index (χ0) is 24.4. The summed E-state index contributed by atoms with van der Waals surface area (Å²) < 4.78 is 29.8. The number of sulfonamides is 1. The van der Waals surface area contributed by atoms with Crippen molar-refractivity contribution in [3.8, 4) is 5.69 Å². The van der Waals surface area contributed by atoms with Crippen molar-refractivity contribution in [1.29, 1.82) is 0 Å². The van der Waals surface area contributed by atoms with E-state index in [1.807, 2.05) is 51.1 Å². The molecule has 0 aliphatic carbocycles. The Morgan fingerprint density at radius 3 is 2.39 bits per heavy atom. The molecule has 9 nitrogen and oxygen atoms in total. The summed E-state index contributed by atoms with van der Waals surface area (Å²) in [6.45, 7) is 5.40. The number of aromatic nitrogens is 2. The van der Waals surface area contributed by atoms with Gasteiger partial charge in [0.25, 0.3) is 5.91 Å². The van der Waals surface area contributed by atoms with E-state index in [0.717, 1.165) is 17.4 Å². The highest BCUT2D eigenvalue weighted by molar-refractivity contribution is 7.89. The number of amides is 1. The van der Waals surface area contributed by atoms with Crippen molar-refractivity contribution in [2.75, 3.05) is 11.9 Å². The van der Waals surface area contributed by atoms with E-state index in [1.54, 1.807) is 10.7 Å². The summed E-state index contributed by atoms with van der Waals surface area (Å²) in [4.78, 5) is 24.4. The van der Waals surface area contributed by atoms with E-state index in [9.17, 15) is 18.0 Å². The van der Waals surface area contributed by atoms with Gasteiger partial charge in [0.05, 0.1) is 22.0 Å². The normalized spacial score (nSPS) is 11.8. The third kappa shape index (κ3) is 5.98. The molecule has 2 aromatic carbocycles. The number of ether oxygens (including phenoxy) is 1. The second-order valence-electron chi connectivity index (χ2n) is 8.23. The molecule has 0 aliphatic heterocycles. The van der Waals surface area contributed by atoms with Gasteiger partial charge >= 0.3 is 5.97 Å². The number of nitrogens with zero attached hydrogens (tertiary/aromatic N) is 2. The summed E-state index contributed by atoms with van der Waals surface area (Å²) in [7, 11) is -4.13. The van der Waals surface area contributed by atoms with E-state index in [-0.39, 0.29) is 16.0 Å². The maximum absolute atomic E-state index is 12.5. The molecular weight excluding hydrogens is 468 g/mol. The monoisotopic (exact) mass is 490 g/mol. The minimum Gasteiger partial charge on any atom is -0.452 e. The minimum atomic E-state index is -4.13. The number of para-hydroxylation sites is 1. The molecule has 0 atom stereocenters. The minimum absolute atomic E-state index is 0.111. The predicted octanol–water partition coefficient (Wildman–Crippen LogP) is 3.27. The lowest BCUT2D eigenvalue weighted by Crippen LogP contribution is -2.22. The summed E-state index contributed by atoms with van der Waals surface area (Å²) in [5.74, 6) is -1.09. The van der Waals surface area contributed by atoms with Gasteiger partial charge in [0.15, 0.2) is 6.61 Å². The molecule has 0 fully saturated rings. The average molecular weight is 491 g/mol. The van der Waals surface area contributed by atoms with Gasteiger partial charge in [-0.3, -0.25) is 4.79 Å². The number of anilines is 1. The number of carbonyl (C=O) groups excluding carboxylic acids is 2. The maximum atomic E-state index is 12.5. The van der Waals surface area contributed by atoms with Gasteiger partial charge in [0.2, 0.25) is 10.0 Å². The van der Waals surface area contributed by atoms with Gasteiger partial charge in [-0.2, -0.15) is 5.10 Å². The van der Waals surface area contributed by atoms with Crippen molar-refractivity contribution in [1.82, 2.24) is 9.78 Å². The number of nitrogens with two attached hydrogens (primary N) is 1. The summed E-state index contributed by atoms with van der Waals surface area (Å²) >= 11 is 5.82. The fraction of sp³-hybridized carbons (Fsp3) is 0.227. The van der Waals surface area contributed by atoms with Crippen LogP contribution >= 0.6 is 11.6 Å². The number of esters is 1. The van der Waals surface area contributed by atoms with Crippen LogP contribution in [-0.4, -0.2) is 36.7 Å². The number of rotatable bonds is 6. The molecule has 1 heterocycles. The van der Waals surface area contributed by atoms with Gasteiger partial charge in [0, 0.05) is 11.5 Å².